The molecular weight excluding hydrogens is 313 g/mol. The molecule has 2 aromatic rings. The van der Waals surface area contributed by atoms with E-state index in [9.17, 15) is 4.39 Å². The number of nitrogens with zero attached hydrogens (tertiary/aromatic N) is 2. The largest absolute Gasteiger partial charge is 0.339 e. The fourth-order valence-corrected chi connectivity index (χ4v) is 2.61. The lowest BCUT2D eigenvalue weighted by atomic mass is 10.1. The van der Waals surface area contributed by atoms with E-state index in [2.05, 4.69) is 31.4 Å². The number of halogens is 2. The van der Waals surface area contributed by atoms with Crippen molar-refractivity contribution >= 4 is 15.9 Å². The van der Waals surface area contributed by atoms with Gasteiger partial charge in [-0.15, -0.1) is 0 Å². The van der Waals surface area contributed by atoms with Gasteiger partial charge in [0.1, 0.15) is 5.82 Å². The van der Waals surface area contributed by atoms with E-state index in [1.54, 1.807) is 12.1 Å². The van der Waals surface area contributed by atoms with Gasteiger partial charge in [0.15, 0.2) is 0 Å². The predicted octanol–water partition coefficient (Wildman–Crippen LogP) is 2.93. The first-order valence-electron chi connectivity index (χ1n) is 6.24. The van der Waals surface area contributed by atoms with Crippen LogP contribution >= 0.6 is 15.9 Å². The van der Waals surface area contributed by atoms with Crippen LogP contribution in [0.5, 0.6) is 0 Å². The molecule has 4 nitrogen and oxygen atoms in total. The van der Waals surface area contributed by atoms with Crippen molar-refractivity contribution in [2.75, 3.05) is 6.54 Å². The molecule has 0 saturated carbocycles. The first-order valence-corrected chi connectivity index (χ1v) is 7.03. The molecule has 0 aliphatic carbocycles. The molecule has 1 aliphatic heterocycles. The summed E-state index contributed by atoms with van der Waals surface area (Å²) in [5, 5.41) is 7.33. The Kier molecular flexibility index (Phi) is 3.61. The first kappa shape index (κ1) is 12.7. The van der Waals surface area contributed by atoms with Gasteiger partial charge in [-0.1, -0.05) is 5.16 Å². The topological polar surface area (TPSA) is 51.0 Å². The number of aromatic nitrogens is 2. The lowest BCUT2D eigenvalue weighted by Gasteiger charge is -2.04. The van der Waals surface area contributed by atoms with Gasteiger partial charge in [0.25, 0.3) is 0 Å². The number of nitrogens with one attached hydrogen (secondary N) is 1. The molecule has 0 amide bonds. The molecule has 1 fully saturated rings. The van der Waals surface area contributed by atoms with E-state index < -0.39 is 0 Å². The van der Waals surface area contributed by atoms with Crippen molar-refractivity contribution in [1.29, 1.82) is 0 Å². The molecule has 0 bridgehead atoms. The number of hydrogen-bond donors (Lipinski definition) is 1. The Morgan fingerprint density at radius 1 is 1.47 bits per heavy atom. The molecule has 100 valence electrons. The van der Waals surface area contributed by atoms with Gasteiger partial charge >= 0.3 is 0 Å². The SMILES string of the molecule is Fc1ccc(-c2noc(CC3CCCN3)n2)cc1Br. The molecule has 3 rings (SSSR count). The second kappa shape index (κ2) is 5.38. The van der Waals surface area contributed by atoms with Crippen LogP contribution in [-0.2, 0) is 6.42 Å². The Balaban J connectivity index is 1.78. The zero-order valence-electron chi connectivity index (χ0n) is 10.2. The van der Waals surface area contributed by atoms with E-state index in [0.717, 1.165) is 24.9 Å². The van der Waals surface area contributed by atoms with E-state index in [0.29, 0.717) is 22.2 Å². The Morgan fingerprint density at radius 2 is 2.37 bits per heavy atom. The van der Waals surface area contributed by atoms with Crippen LogP contribution in [0.2, 0.25) is 0 Å². The van der Waals surface area contributed by atoms with Gasteiger partial charge in [0, 0.05) is 18.0 Å². The number of rotatable bonds is 3. The minimum atomic E-state index is -0.303. The Hall–Kier alpha value is -1.27. The molecule has 6 heteroatoms. The van der Waals surface area contributed by atoms with Gasteiger partial charge in [0.2, 0.25) is 11.7 Å². The molecule has 1 unspecified atom stereocenters. The summed E-state index contributed by atoms with van der Waals surface area (Å²) in [6.07, 6.45) is 3.08. The Labute approximate surface area is 118 Å². The highest BCUT2D eigenvalue weighted by atomic mass is 79.9. The third-order valence-corrected chi connectivity index (χ3v) is 3.84. The smallest absolute Gasteiger partial charge is 0.228 e. The van der Waals surface area contributed by atoms with E-state index in [1.165, 1.54) is 12.5 Å². The fraction of sp³-hybridized carbons (Fsp3) is 0.385. The van der Waals surface area contributed by atoms with Crippen molar-refractivity contribution in [3.8, 4) is 11.4 Å². The summed E-state index contributed by atoms with van der Waals surface area (Å²) in [5.41, 5.74) is 0.739. The van der Waals surface area contributed by atoms with Crippen molar-refractivity contribution in [3.63, 3.8) is 0 Å². The predicted molar refractivity (Wildman–Crippen MR) is 72.1 cm³/mol. The number of benzene rings is 1. The maximum absolute atomic E-state index is 13.2. The third kappa shape index (κ3) is 2.84. The van der Waals surface area contributed by atoms with E-state index in [1.807, 2.05) is 0 Å². The lowest BCUT2D eigenvalue weighted by molar-refractivity contribution is 0.364. The summed E-state index contributed by atoms with van der Waals surface area (Å²) in [6, 6.07) is 5.10. The summed E-state index contributed by atoms with van der Waals surface area (Å²) >= 11 is 3.15. The average molecular weight is 326 g/mol. The molecule has 19 heavy (non-hydrogen) atoms. The normalized spacial score (nSPS) is 18.9. The zero-order valence-corrected chi connectivity index (χ0v) is 11.8. The van der Waals surface area contributed by atoms with Crippen LogP contribution in [0.3, 0.4) is 0 Å². The summed E-state index contributed by atoms with van der Waals surface area (Å²) < 4.78 is 18.8. The molecule has 1 saturated heterocycles. The van der Waals surface area contributed by atoms with Crippen LogP contribution in [0.15, 0.2) is 27.2 Å². The molecular formula is C13H13BrFN3O. The van der Waals surface area contributed by atoms with Crippen molar-refractivity contribution in [2.24, 2.45) is 0 Å². The fourth-order valence-electron chi connectivity index (χ4n) is 2.23. The van der Waals surface area contributed by atoms with Gasteiger partial charge < -0.3 is 9.84 Å². The van der Waals surface area contributed by atoms with E-state index >= 15 is 0 Å². The van der Waals surface area contributed by atoms with Gasteiger partial charge in [-0.25, -0.2) is 4.39 Å². The Morgan fingerprint density at radius 3 is 3.11 bits per heavy atom. The molecule has 1 aliphatic rings. The van der Waals surface area contributed by atoms with Crippen molar-refractivity contribution in [3.05, 3.63) is 34.4 Å². The quantitative estimate of drug-likeness (QED) is 0.942. The lowest BCUT2D eigenvalue weighted by Crippen LogP contribution is -2.23. The van der Waals surface area contributed by atoms with Gasteiger partial charge in [0.05, 0.1) is 4.47 Å². The first-order chi connectivity index (χ1) is 9.22. The van der Waals surface area contributed by atoms with Crippen molar-refractivity contribution in [1.82, 2.24) is 15.5 Å². The molecule has 1 atom stereocenters. The molecule has 1 aromatic carbocycles. The molecule has 0 radical (unpaired) electrons. The second-order valence-corrected chi connectivity index (χ2v) is 5.49. The number of hydrogen-bond acceptors (Lipinski definition) is 4. The summed E-state index contributed by atoms with van der Waals surface area (Å²) in [7, 11) is 0. The van der Waals surface area contributed by atoms with Crippen LogP contribution in [0.1, 0.15) is 18.7 Å². The monoisotopic (exact) mass is 325 g/mol. The maximum atomic E-state index is 13.2. The third-order valence-electron chi connectivity index (χ3n) is 3.23. The molecule has 1 N–H and O–H groups in total. The molecule has 2 heterocycles. The van der Waals surface area contributed by atoms with E-state index in [-0.39, 0.29) is 5.82 Å². The average Bonchev–Trinajstić information content (AvgIpc) is 3.05. The Bertz CT molecular complexity index is 581. The van der Waals surface area contributed by atoms with Crippen LogP contribution in [0.25, 0.3) is 11.4 Å². The van der Waals surface area contributed by atoms with Gasteiger partial charge in [-0.2, -0.15) is 4.98 Å². The highest BCUT2D eigenvalue weighted by Gasteiger charge is 2.18. The summed E-state index contributed by atoms with van der Waals surface area (Å²) in [6.45, 7) is 1.05. The molecule has 1 aromatic heterocycles. The van der Waals surface area contributed by atoms with Crippen molar-refractivity contribution < 1.29 is 8.91 Å². The van der Waals surface area contributed by atoms with Gasteiger partial charge in [-0.3, -0.25) is 0 Å². The summed E-state index contributed by atoms with van der Waals surface area (Å²) in [4.78, 5) is 4.35. The standard InChI is InChI=1S/C13H13BrFN3O/c14-10-6-8(3-4-11(10)15)13-17-12(19-18-13)7-9-2-1-5-16-9/h3-4,6,9,16H,1-2,5,7H2. The molecule has 0 spiro atoms. The van der Waals surface area contributed by atoms with E-state index in [4.69, 9.17) is 4.52 Å². The van der Waals surface area contributed by atoms with Crippen molar-refractivity contribution in [2.45, 2.75) is 25.3 Å². The van der Waals surface area contributed by atoms with Crippen LogP contribution in [-0.4, -0.2) is 22.7 Å². The minimum absolute atomic E-state index is 0.303. The summed E-state index contributed by atoms with van der Waals surface area (Å²) in [5.74, 6) is 0.811. The maximum Gasteiger partial charge on any atom is 0.228 e. The van der Waals surface area contributed by atoms with Crippen LogP contribution < -0.4 is 5.32 Å². The van der Waals surface area contributed by atoms with Crippen LogP contribution in [0, 0.1) is 5.82 Å². The minimum Gasteiger partial charge on any atom is -0.339 e. The van der Waals surface area contributed by atoms with Gasteiger partial charge in [-0.05, 0) is 53.5 Å². The zero-order chi connectivity index (χ0) is 13.2. The highest BCUT2D eigenvalue weighted by molar-refractivity contribution is 9.10. The van der Waals surface area contributed by atoms with Crippen LogP contribution in [0.4, 0.5) is 4.39 Å². The second-order valence-electron chi connectivity index (χ2n) is 4.64. The highest BCUT2D eigenvalue weighted by Crippen LogP contribution is 2.23.